The van der Waals surface area contributed by atoms with Crippen LogP contribution in [0.25, 0.3) is 0 Å². The van der Waals surface area contributed by atoms with Gasteiger partial charge >= 0.3 is 11.9 Å². The average Bonchev–Trinajstić information content (AvgIpc) is 1.99. The highest BCUT2D eigenvalue weighted by Crippen LogP contribution is 1.82. The van der Waals surface area contributed by atoms with Crippen LogP contribution in [-0.2, 0) is 14.3 Å². The van der Waals surface area contributed by atoms with E-state index < -0.39 is 31.2 Å². The van der Waals surface area contributed by atoms with Crippen LogP contribution in [0.3, 0.4) is 0 Å². The molecule has 0 saturated carbocycles. The standard InChI is InChI=1S/C5H9NO5/c6-3(5(9)10)2-11-4(8)1-7/h3,7H,1-2,6H2,(H,9,10)/t3-/m0/s1. The van der Waals surface area contributed by atoms with Crippen LogP contribution in [0.5, 0.6) is 0 Å². The second-order valence-corrected chi connectivity index (χ2v) is 1.79. The topological polar surface area (TPSA) is 110 Å². The third-order valence-electron chi connectivity index (χ3n) is 0.870. The van der Waals surface area contributed by atoms with Crippen molar-refractivity contribution < 1.29 is 24.5 Å². The van der Waals surface area contributed by atoms with Crippen molar-refractivity contribution in [3.63, 3.8) is 0 Å². The number of carbonyl (C=O) groups is 2. The molecular formula is C5H9NO5. The summed E-state index contributed by atoms with van der Waals surface area (Å²) in [4.78, 5) is 20.2. The lowest BCUT2D eigenvalue weighted by molar-refractivity contribution is -0.150. The zero-order valence-electron chi connectivity index (χ0n) is 5.69. The Kier molecular flexibility index (Phi) is 4.16. The van der Waals surface area contributed by atoms with Crippen LogP contribution in [0.2, 0.25) is 0 Å². The van der Waals surface area contributed by atoms with Crippen LogP contribution in [0.15, 0.2) is 0 Å². The molecule has 6 heteroatoms. The highest BCUT2D eigenvalue weighted by atomic mass is 16.5. The van der Waals surface area contributed by atoms with E-state index in [1.165, 1.54) is 0 Å². The zero-order valence-corrected chi connectivity index (χ0v) is 5.69. The summed E-state index contributed by atoms with van der Waals surface area (Å²) in [7, 11) is 0. The molecule has 0 bridgehead atoms. The van der Waals surface area contributed by atoms with E-state index in [4.69, 9.17) is 15.9 Å². The molecule has 0 unspecified atom stereocenters. The maximum Gasteiger partial charge on any atom is 0.331 e. The smallest absolute Gasteiger partial charge is 0.331 e. The molecule has 0 saturated heterocycles. The van der Waals surface area contributed by atoms with Crippen LogP contribution in [-0.4, -0.2) is 41.4 Å². The number of ether oxygens (including phenoxy) is 1. The van der Waals surface area contributed by atoms with E-state index in [-0.39, 0.29) is 0 Å². The molecule has 0 aliphatic rings. The maximum absolute atomic E-state index is 10.2. The molecule has 0 rings (SSSR count). The first-order valence-electron chi connectivity index (χ1n) is 2.82. The lowest BCUT2D eigenvalue weighted by Gasteiger charge is -2.05. The highest BCUT2D eigenvalue weighted by Gasteiger charge is 2.13. The van der Waals surface area contributed by atoms with Crippen molar-refractivity contribution >= 4 is 11.9 Å². The molecule has 4 N–H and O–H groups in total. The minimum atomic E-state index is -1.25. The number of hydrogen-bond donors (Lipinski definition) is 3. The van der Waals surface area contributed by atoms with Crippen LogP contribution >= 0.6 is 0 Å². The molecular weight excluding hydrogens is 154 g/mol. The molecule has 0 heterocycles. The second-order valence-electron chi connectivity index (χ2n) is 1.79. The van der Waals surface area contributed by atoms with Gasteiger partial charge in [-0.2, -0.15) is 0 Å². The van der Waals surface area contributed by atoms with E-state index in [0.717, 1.165) is 0 Å². The first-order chi connectivity index (χ1) is 5.07. The largest absolute Gasteiger partial charge is 0.480 e. The Morgan fingerprint density at radius 1 is 1.55 bits per heavy atom. The summed E-state index contributed by atoms with van der Waals surface area (Å²) in [6.07, 6.45) is 0. The molecule has 6 nitrogen and oxygen atoms in total. The lowest BCUT2D eigenvalue weighted by Crippen LogP contribution is -2.36. The molecule has 0 aromatic heterocycles. The Balaban J connectivity index is 3.54. The molecule has 0 spiro atoms. The van der Waals surface area contributed by atoms with Crippen molar-refractivity contribution in [1.82, 2.24) is 0 Å². The Morgan fingerprint density at radius 2 is 2.09 bits per heavy atom. The van der Waals surface area contributed by atoms with Gasteiger partial charge in [0.15, 0.2) is 0 Å². The summed E-state index contributed by atoms with van der Waals surface area (Å²) in [5, 5.41) is 16.3. The molecule has 0 amide bonds. The van der Waals surface area contributed by atoms with Gasteiger partial charge in [-0.15, -0.1) is 0 Å². The summed E-state index contributed by atoms with van der Waals surface area (Å²) >= 11 is 0. The van der Waals surface area contributed by atoms with E-state index in [0.29, 0.717) is 0 Å². The molecule has 64 valence electrons. The fourth-order valence-electron chi connectivity index (χ4n) is 0.300. The number of aliphatic hydroxyl groups excluding tert-OH is 1. The van der Waals surface area contributed by atoms with E-state index in [2.05, 4.69) is 4.74 Å². The summed E-state index contributed by atoms with van der Waals surface area (Å²) in [5.41, 5.74) is 4.96. The van der Waals surface area contributed by atoms with Crippen LogP contribution in [0, 0.1) is 0 Å². The SMILES string of the molecule is N[C@@H](COC(=O)CO)C(=O)O. The van der Waals surface area contributed by atoms with Crippen molar-refractivity contribution in [2.24, 2.45) is 5.73 Å². The van der Waals surface area contributed by atoms with Crippen LogP contribution in [0.1, 0.15) is 0 Å². The van der Waals surface area contributed by atoms with Gasteiger partial charge in [0.05, 0.1) is 0 Å². The summed E-state index contributed by atoms with van der Waals surface area (Å²) in [6.45, 7) is -1.19. The number of carboxylic acids is 1. The summed E-state index contributed by atoms with van der Waals surface area (Å²) < 4.78 is 4.22. The zero-order chi connectivity index (χ0) is 8.85. The van der Waals surface area contributed by atoms with Crippen molar-refractivity contribution in [3.05, 3.63) is 0 Å². The minimum Gasteiger partial charge on any atom is -0.480 e. The van der Waals surface area contributed by atoms with Gasteiger partial charge in [-0.1, -0.05) is 0 Å². The van der Waals surface area contributed by atoms with Crippen molar-refractivity contribution in [2.45, 2.75) is 6.04 Å². The normalized spacial score (nSPS) is 12.2. The third kappa shape index (κ3) is 4.29. The molecule has 1 atom stereocenters. The van der Waals surface area contributed by atoms with Gasteiger partial charge in [0.2, 0.25) is 0 Å². The van der Waals surface area contributed by atoms with E-state index in [9.17, 15) is 9.59 Å². The maximum atomic E-state index is 10.2. The number of aliphatic hydroxyl groups is 1. The Morgan fingerprint density at radius 3 is 2.45 bits per heavy atom. The molecule has 0 aromatic carbocycles. The summed E-state index contributed by atoms with van der Waals surface area (Å²) in [5.74, 6) is -2.14. The minimum absolute atomic E-state index is 0.422. The number of aliphatic carboxylic acids is 1. The predicted molar refractivity (Wildman–Crippen MR) is 33.7 cm³/mol. The van der Waals surface area contributed by atoms with Gasteiger partial charge in [-0.25, -0.2) is 4.79 Å². The number of carbonyl (C=O) groups excluding carboxylic acids is 1. The number of rotatable bonds is 4. The van der Waals surface area contributed by atoms with Gasteiger partial charge in [-0.05, 0) is 0 Å². The first-order valence-corrected chi connectivity index (χ1v) is 2.82. The van der Waals surface area contributed by atoms with Crippen molar-refractivity contribution in [2.75, 3.05) is 13.2 Å². The lowest BCUT2D eigenvalue weighted by atomic mass is 10.3. The number of esters is 1. The quantitative estimate of drug-likeness (QED) is 0.411. The van der Waals surface area contributed by atoms with Crippen LogP contribution in [0.4, 0.5) is 0 Å². The van der Waals surface area contributed by atoms with Crippen LogP contribution < -0.4 is 5.73 Å². The second kappa shape index (κ2) is 4.64. The fraction of sp³-hybridized carbons (Fsp3) is 0.600. The molecule has 11 heavy (non-hydrogen) atoms. The molecule has 0 aliphatic heterocycles. The average molecular weight is 163 g/mol. The molecule has 0 aromatic rings. The number of carboxylic acid groups (broad SMARTS) is 1. The number of nitrogens with two attached hydrogens (primary N) is 1. The van der Waals surface area contributed by atoms with E-state index in [1.807, 2.05) is 0 Å². The third-order valence-corrected chi connectivity index (χ3v) is 0.870. The number of hydrogen-bond acceptors (Lipinski definition) is 5. The first kappa shape index (κ1) is 9.86. The van der Waals surface area contributed by atoms with Gasteiger partial charge in [0.1, 0.15) is 19.3 Å². The fourth-order valence-corrected chi connectivity index (χ4v) is 0.300. The Bertz CT molecular complexity index is 157. The van der Waals surface area contributed by atoms with E-state index in [1.54, 1.807) is 0 Å². The summed E-state index contributed by atoms with van der Waals surface area (Å²) in [6, 6.07) is -1.23. The van der Waals surface area contributed by atoms with Crippen molar-refractivity contribution in [3.8, 4) is 0 Å². The Labute approximate surface area is 62.6 Å². The molecule has 0 radical (unpaired) electrons. The molecule has 0 aliphatic carbocycles. The predicted octanol–water partition coefficient (Wildman–Crippen LogP) is -2.07. The Hall–Kier alpha value is -1.14. The van der Waals surface area contributed by atoms with Gasteiger partial charge in [0.25, 0.3) is 0 Å². The van der Waals surface area contributed by atoms with Crippen molar-refractivity contribution in [1.29, 1.82) is 0 Å². The molecule has 0 fully saturated rings. The van der Waals surface area contributed by atoms with Gasteiger partial charge in [-0.3, -0.25) is 4.79 Å². The monoisotopic (exact) mass is 163 g/mol. The highest BCUT2D eigenvalue weighted by molar-refractivity contribution is 5.74. The van der Waals surface area contributed by atoms with E-state index >= 15 is 0 Å². The van der Waals surface area contributed by atoms with Gasteiger partial charge < -0.3 is 20.7 Å². The van der Waals surface area contributed by atoms with Gasteiger partial charge in [0, 0.05) is 0 Å².